The molecule has 1 fully saturated rings. The highest BCUT2D eigenvalue weighted by molar-refractivity contribution is 5.94. The zero-order valence-electron chi connectivity index (χ0n) is 12.8. The van der Waals surface area contributed by atoms with Crippen molar-refractivity contribution in [3.05, 3.63) is 54.9 Å². The van der Waals surface area contributed by atoms with Gasteiger partial charge in [-0.2, -0.15) is 0 Å². The van der Waals surface area contributed by atoms with Gasteiger partial charge in [0.2, 0.25) is 0 Å². The molecule has 0 amide bonds. The normalized spacial score (nSPS) is 14.5. The first-order valence-corrected chi connectivity index (χ1v) is 7.55. The molecular formula is C18H19N3O2. The number of rotatable bonds is 2. The summed E-state index contributed by atoms with van der Waals surface area (Å²) in [7, 11) is 0. The number of fused-ring (bicyclic) bond motifs is 1. The zero-order chi connectivity index (χ0) is 14.8. The minimum absolute atomic E-state index is 0. The quantitative estimate of drug-likeness (QED) is 0.728. The van der Waals surface area contributed by atoms with Crippen LogP contribution < -0.4 is 4.90 Å². The summed E-state index contributed by atoms with van der Waals surface area (Å²) in [5.74, 6) is 0. The van der Waals surface area contributed by atoms with E-state index in [9.17, 15) is 0 Å². The number of para-hydroxylation sites is 1. The molecule has 0 unspecified atom stereocenters. The Labute approximate surface area is 134 Å². The summed E-state index contributed by atoms with van der Waals surface area (Å²) in [6.07, 6.45) is 3.65. The lowest BCUT2D eigenvalue weighted by atomic mass is 10.1. The van der Waals surface area contributed by atoms with Gasteiger partial charge in [-0.25, -0.2) is 4.98 Å². The molecule has 23 heavy (non-hydrogen) atoms. The Morgan fingerprint density at radius 2 is 1.83 bits per heavy atom. The Morgan fingerprint density at radius 1 is 1.00 bits per heavy atom. The number of hydrogen-bond donors (Lipinski definition) is 0. The van der Waals surface area contributed by atoms with E-state index in [0.29, 0.717) is 0 Å². The minimum atomic E-state index is 0. The van der Waals surface area contributed by atoms with Gasteiger partial charge in [-0.1, -0.05) is 18.2 Å². The zero-order valence-corrected chi connectivity index (χ0v) is 12.8. The molecule has 0 aliphatic carbocycles. The summed E-state index contributed by atoms with van der Waals surface area (Å²) in [6, 6.07) is 14.5. The van der Waals surface area contributed by atoms with Crippen molar-refractivity contribution in [3.8, 4) is 11.3 Å². The minimum Gasteiger partial charge on any atom is -0.412 e. The molecule has 0 radical (unpaired) electrons. The van der Waals surface area contributed by atoms with Gasteiger partial charge in [0.1, 0.15) is 0 Å². The van der Waals surface area contributed by atoms with E-state index in [1.165, 1.54) is 11.1 Å². The van der Waals surface area contributed by atoms with Gasteiger partial charge in [-0.05, 0) is 24.3 Å². The van der Waals surface area contributed by atoms with Gasteiger partial charge in [0.25, 0.3) is 0 Å². The maximum Gasteiger partial charge on any atom is 0.0745 e. The van der Waals surface area contributed by atoms with Gasteiger partial charge >= 0.3 is 0 Å². The fourth-order valence-corrected chi connectivity index (χ4v) is 2.89. The maximum atomic E-state index is 5.48. The lowest BCUT2D eigenvalue weighted by Gasteiger charge is -2.30. The first kappa shape index (κ1) is 15.4. The van der Waals surface area contributed by atoms with Gasteiger partial charge in [0, 0.05) is 42.1 Å². The van der Waals surface area contributed by atoms with Crippen molar-refractivity contribution in [1.82, 2.24) is 9.97 Å². The number of pyridine rings is 2. The second-order valence-corrected chi connectivity index (χ2v) is 5.38. The Kier molecular flexibility index (Phi) is 4.50. The van der Waals surface area contributed by atoms with Crippen molar-refractivity contribution in [2.45, 2.75) is 0 Å². The average Bonchev–Trinajstić information content (AvgIpc) is 2.62. The highest BCUT2D eigenvalue weighted by Gasteiger charge is 2.16. The molecule has 3 heterocycles. The average molecular weight is 309 g/mol. The summed E-state index contributed by atoms with van der Waals surface area (Å²) in [6.45, 7) is 3.39. The van der Waals surface area contributed by atoms with Crippen LogP contribution in [0.1, 0.15) is 0 Å². The Hall–Kier alpha value is -2.50. The summed E-state index contributed by atoms with van der Waals surface area (Å²) in [5, 5.41) is 1.19. The number of nitrogens with zero attached hydrogens (tertiary/aromatic N) is 3. The van der Waals surface area contributed by atoms with Crippen molar-refractivity contribution < 1.29 is 10.2 Å². The van der Waals surface area contributed by atoms with Crippen LogP contribution in [0.25, 0.3) is 22.2 Å². The SMILES string of the molecule is O.c1cncc(-c2cc(N3CCOCC3)c3ccccc3n2)c1. The molecule has 1 aliphatic heterocycles. The van der Waals surface area contributed by atoms with E-state index in [4.69, 9.17) is 9.72 Å². The number of anilines is 1. The highest BCUT2D eigenvalue weighted by atomic mass is 16.5. The molecule has 5 heteroatoms. The first-order valence-electron chi connectivity index (χ1n) is 7.55. The van der Waals surface area contributed by atoms with E-state index in [0.717, 1.165) is 43.1 Å². The summed E-state index contributed by atoms with van der Waals surface area (Å²) in [4.78, 5) is 11.4. The van der Waals surface area contributed by atoms with Crippen LogP contribution in [0.15, 0.2) is 54.9 Å². The second-order valence-electron chi connectivity index (χ2n) is 5.38. The molecule has 2 aromatic heterocycles. The second kappa shape index (κ2) is 6.73. The van der Waals surface area contributed by atoms with Gasteiger partial charge < -0.3 is 15.1 Å². The predicted molar refractivity (Wildman–Crippen MR) is 91.6 cm³/mol. The molecule has 5 nitrogen and oxygen atoms in total. The third-order valence-electron chi connectivity index (χ3n) is 4.00. The highest BCUT2D eigenvalue weighted by Crippen LogP contribution is 2.31. The molecule has 3 aromatic rings. The molecule has 0 spiro atoms. The number of hydrogen-bond acceptors (Lipinski definition) is 4. The molecule has 0 bridgehead atoms. The number of benzene rings is 1. The summed E-state index contributed by atoms with van der Waals surface area (Å²) >= 11 is 0. The third kappa shape index (κ3) is 3.02. The topological polar surface area (TPSA) is 69.8 Å². The standard InChI is InChI=1S/C18H17N3O.H2O/c1-2-6-16-15(5-1)18(21-8-10-22-11-9-21)12-17(20-16)14-4-3-7-19-13-14;/h1-7,12-13H,8-11H2;1H2. The van der Waals surface area contributed by atoms with Crippen molar-refractivity contribution in [2.24, 2.45) is 0 Å². The van der Waals surface area contributed by atoms with Crippen LogP contribution in [0.4, 0.5) is 5.69 Å². The monoisotopic (exact) mass is 309 g/mol. The van der Waals surface area contributed by atoms with Gasteiger partial charge in [-0.3, -0.25) is 4.98 Å². The molecule has 1 aromatic carbocycles. The van der Waals surface area contributed by atoms with E-state index in [1.54, 1.807) is 6.20 Å². The molecule has 0 atom stereocenters. The molecule has 1 saturated heterocycles. The fourth-order valence-electron chi connectivity index (χ4n) is 2.89. The van der Waals surface area contributed by atoms with Gasteiger partial charge in [0.05, 0.1) is 24.4 Å². The van der Waals surface area contributed by atoms with E-state index < -0.39 is 0 Å². The maximum absolute atomic E-state index is 5.48. The molecule has 1 aliphatic rings. The molecular weight excluding hydrogens is 290 g/mol. The fraction of sp³-hybridized carbons (Fsp3) is 0.222. The number of morpholine rings is 1. The smallest absolute Gasteiger partial charge is 0.0745 e. The third-order valence-corrected chi connectivity index (χ3v) is 4.00. The number of ether oxygens (including phenoxy) is 1. The molecule has 118 valence electrons. The Balaban J connectivity index is 0.00000156. The summed E-state index contributed by atoms with van der Waals surface area (Å²) in [5.41, 5.74) is 4.26. The largest absolute Gasteiger partial charge is 0.412 e. The van der Waals surface area contributed by atoms with Crippen LogP contribution in [0.5, 0.6) is 0 Å². The predicted octanol–water partition coefficient (Wildman–Crippen LogP) is 2.31. The molecule has 0 saturated carbocycles. The molecule has 2 N–H and O–H groups in total. The van der Waals surface area contributed by atoms with Crippen LogP contribution >= 0.6 is 0 Å². The van der Waals surface area contributed by atoms with Crippen molar-refractivity contribution in [1.29, 1.82) is 0 Å². The van der Waals surface area contributed by atoms with Gasteiger partial charge in [0.15, 0.2) is 0 Å². The van der Waals surface area contributed by atoms with E-state index >= 15 is 0 Å². The van der Waals surface area contributed by atoms with Gasteiger partial charge in [-0.15, -0.1) is 0 Å². The van der Waals surface area contributed by atoms with Crippen LogP contribution in [0, 0.1) is 0 Å². The van der Waals surface area contributed by atoms with E-state index in [2.05, 4.69) is 34.1 Å². The number of aromatic nitrogens is 2. The lowest BCUT2D eigenvalue weighted by Crippen LogP contribution is -2.36. The van der Waals surface area contributed by atoms with Crippen LogP contribution in [-0.2, 0) is 4.74 Å². The van der Waals surface area contributed by atoms with Crippen LogP contribution in [0.3, 0.4) is 0 Å². The van der Waals surface area contributed by atoms with Crippen molar-refractivity contribution >= 4 is 16.6 Å². The van der Waals surface area contributed by atoms with Crippen molar-refractivity contribution in [2.75, 3.05) is 31.2 Å². The van der Waals surface area contributed by atoms with Crippen LogP contribution in [-0.4, -0.2) is 41.7 Å². The Bertz CT molecular complexity index is 787. The first-order chi connectivity index (χ1) is 10.9. The van der Waals surface area contributed by atoms with E-state index in [-0.39, 0.29) is 5.48 Å². The molecule has 4 rings (SSSR count). The Morgan fingerprint density at radius 3 is 2.61 bits per heavy atom. The van der Waals surface area contributed by atoms with Crippen LogP contribution in [0.2, 0.25) is 0 Å². The van der Waals surface area contributed by atoms with Crippen molar-refractivity contribution in [3.63, 3.8) is 0 Å². The summed E-state index contributed by atoms with van der Waals surface area (Å²) < 4.78 is 5.48. The van der Waals surface area contributed by atoms with E-state index in [1.807, 2.05) is 24.4 Å². The lowest BCUT2D eigenvalue weighted by molar-refractivity contribution is 0.123.